The number of rotatable bonds is 4. The van der Waals surface area contributed by atoms with Crippen molar-refractivity contribution in [3.8, 4) is 0 Å². The molecule has 10 heteroatoms. The molecule has 0 radical (unpaired) electrons. The summed E-state index contributed by atoms with van der Waals surface area (Å²) < 4.78 is 7.27. The molecule has 1 fully saturated rings. The first-order chi connectivity index (χ1) is 14.1. The van der Waals surface area contributed by atoms with Crippen molar-refractivity contribution in [2.75, 3.05) is 11.6 Å². The monoisotopic (exact) mass is 396 g/mol. The van der Waals surface area contributed by atoms with Crippen molar-refractivity contribution in [3.63, 3.8) is 0 Å². The number of aliphatic hydroxyl groups is 3. The van der Waals surface area contributed by atoms with Gasteiger partial charge in [-0.2, -0.15) is 5.10 Å². The zero-order chi connectivity index (χ0) is 20.1. The summed E-state index contributed by atoms with van der Waals surface area (Å²) in [6.45, 7) is 0.0710. The number of amidine groups is 1. The zero-order valence-corrected chi connectivity index (χ0v) is 15.3. The van der Waals surface area contributed by atoms with E-state index in [1.807, 2.05) is 30.3 Å². The van der Waals surface area contributed by atoms with E-state index in [-0.39, 0.29) is 0 Å². The Kier molecular flexibility index (Phi) is 4.21. The van der Waals surface area contributed by atoms with Crippen molar-refractivity contribution in [1.29, 1.82) is 0 Å². The molecule has 3 aromatic rings. The van der Waals surface area contributed by atoms with Crippen LogP contribution in [0.4, 0.5) is 5.82 Å². The SMILES string of the molecule is NC1=NN(Cc2ccccc2)c2ncnc3c2c1cn3[C@@H]1O[C@H](CO)[C@@H](O)[C@H]1O. The molecule has 0 aliphatic carbocycles. The Bertz CT molecular complexity index is 1080. The number of hydrogen-bond donors (Lipinski definition) is 4. The fraction of sp³-hybridized carbons (Fsp3) is 0.316. The Morgan fingerprint density at radius 2 is 1.90 bits per heavy atom. The summed E-state index contributed by atoms with van der Waals surface area (Å²) in [7, 11) is 0. The van der Waals surface area contributed by atoms with Crippen LogP contribution >= 0.6 is 0 Å². The highest BCUT2D eigenvalue weighted by atomic mass is 16.6. The number of aromatic nitrogens is 3. The van der Waals surface area contributed by atoms with E-state index in [2.05, 4.69) is 15.1 Å². The molecule has 0 bridgehead atoms. The summed E-state index contributed by atoms with van der Waals surface area (Å²) in [6, 6.07) is 9.82. The van der Waals surface area contributed by atoms with Gasteiger partial charge in [0.2, 0.25) is 0 Å². The van der Waals surface area contributed by atoms with Crippen molar-refractivity contribution < 1.29 is 20.1 Å². The molecule has 0 saturated carbocycles. The van der Waals surface area contributed by atoms with Gasteiger partial charge in [0, 0.05) is 11.8 Å². The maximum absolute atomic E-state index is 10.4. The second kappa shape index (κ2) is 6.78. The van der Waals surface area contributed by atoms with E-state index in [0.29, 0.717) is 34.8 Å². The van der Waals surface area contributed by atoms with Gasteiger partial charge in [0.05, 0.1) is 18.5 Å². The van der Waals surface area contributed by atoms with Crippen molar-refractivity contribution in [2.45, 2.75) is 31.1 Å². The van der Waals surface area contributed by atoms with E-state index in [1.165, 1.54) is 6.33 Å². The van der Waals surface area contributed by atoms with Gasteiger partial charge < -0.3 is 30.4 Å². The molecule has 0 unspecified atom stereocenters. The standard InChI is InChI=1S/C19H20N6O4/c20-16-11-7-24(19-15(28)14(27)12(8-26)29-19)17-13(11)18(22-9-21-17)25(23-16)6-10-4-2-1-3-5-10/h1-5,7,9,12,14-15,19,26-28H,6,8H2,(H2,20,23)/t12-,14-,15-,19-/m1/s1. The van der Waals surface area contributed by atoms with E-state index in [9.17, 15) is 15.3 Å². The lowest BCUT2D eigenvalue weighted by atomic mass is 10.1. The summed E-state index contributed by atoms with van der Waals surface area (Å²) in [5.41, 5.74) is 8.39. The van der Waals surface area contributed by atoms with Gasteiger partial charge in [-0.3, -0.25) is 0 Å². The number of nitrogens with two attached hydrogens (primary N) is 1. The lowest BCUT2D eigenvalue weighted by molar-refractivity contribution is -0.0508. The van der Waals surface area contributed by atoms with E-state index in [4.69, 9.17) is 10.5 Å². The van der Waals surface area contributed by atoms with Crippen LogP contribution in [0.2, 0.25) is 0 Å². The molecule has 29 heavy (non-hydrogen) atoms. The number of hydrogen-bond acceptors (Lipinski definition) is 9. The highest BCUT2D eigenvalue weighted by molar-refractivity contribution is 6.13. The normalized spacial score (nSPS) is 26.2. The van der Waals surface area contributed by atoms with Gasteiger partial charge in [-0.05, 0) is 5.56 Å². The molecule has 4 heterocycles. The lowest BCUT2D eigenvalue weighted by Gasteiger charge is -2.23. The molecule has 4 atom stereocenters. The van der Waals surface area contributed by atoms with Crippen LogP contribution in [0.5, 0.6) is 0 Å². The summed E-state index contributed by atoms with van der Waals surface area (Å²) >= 11 is 0. The molecule has 5 N–H and O–H groups in total. The number of hydrazone groups is 1. The second-order valence-corrected chi connectivity index (χ2v) is 7.10. The maximum Gasteiger partial charge on any atom is 0.164 e. The predicted octanol–water partition coefficient (Wildman–Crippen LogP) is -0.317. The first kappa shape index (κ1) is 18.0. The Morgan fingerprint density at radius 3 is 2.62 bits per heavy atom. The van der Waals surface area contributed by atoms with Crippen LogP contribution in [0.15, 0.2) is 48.0 Å². The van der Waals surface area contributed by atoms with Gasteiger partial charge in [0.15, 0.2) is 17.9 Å². The van der Waals surface area contributed by atoms with Gasteiger partial charge in [-0.15, -0.1) is 0 Å². The molecule has 150 valence electrons. The quantitative estimate of drug-likeness (QED) is 0.470. The van der Waals surface area contributed by atoms with E-state index >= 15 is 0 Å². The molecule has 2 aliphatic heterocycles. The first-order valence-electron chi connectivity index (χ1n) is 9.22. The molecule has 1 aromatic carbocycles. The third kappa shape index (κ3) is 2.76. The molecule has 10 nitrogen and oxygen atoms in total. The molecular formula is C19H20N6O4. The van der Waals surface area contributed by atoms with Crippen molar-refractivity contribution in [1.82, 2.24) is 14.5 Å². The Morgan fingerprint density at radius 1 is 1.10 bits per heavy atom. The van der Waals surface area contributed by atoms with Crippen LogP contribution in [0.3, 0.4) is 0 Å². The topological polar surface area (TPSA) is 142 Å². The molecule has 2 aliphatic rings. The fourth-order valence-electron chi connectivity index (χ4n) is 3.86. The Balaban J connectivity index is 1.59. The average molecular weight is 396 g/mol. The first-order valence-corrected chi connectivity index (χ1v) is 9.22. The second-order valence-electron chi connectivity index (χ2n) is 7.10. The van der Waals surface area contributed by atoms with Gasteiger partial charge in [-0.1, -0.05) is 30.3 Å². The van der Waals surface area contributed by atoms with Crippen LogP contribution in [-0.4, -0.2) is 60.6 Å². The highest BCUT2D eigenvalue weighted by Gasteiger charge is 2.44. The minimum Gasteiger partial charge on any atom is -0.394 e. The molecule has 0 spiro atoms. The number of aliphatic hydroxyl groups excluding tert-OH is 3. The van der Waals surface area contributed by atoms with Crippen LogP contribution in [0.25, 0.3) is 11.0 Å². The largest absolute Gasteiger partial charge is 0.394 e. The Hall–Kier alpha value is -3.05. The predicted molar refractivity (Wildman–Crippen MR) is 104 cm³/mol. The van der Waals surface area contributed by atoms with Crippen molar-refractivity contribution in [3.05, 3.63) is 54.0 Å². The summed E-state index contributed by atoms with van der Waals surface area (Å²) in [4.78, 5) is 8.76. The Labute approximate surface area is 165 Å². The molecule has 5 rings (SSSR count). The molecule has 0 amide bonds. The summed E-state index contributed by atoms with van der Waals surface area (Å²) in [5, 5.41) is 36.8. The number of benzene rings is 1. The average Bonchev–Trinajstić information content (AvgIpc) is 3.26. The van der Waals surface area contributed by atoms with E-state index < -0.39 is 31.1 Å². The number of ether oxygens (including phenoxy) is 1. The van der Waals surface area contributed by atoms with Crippen LogP contribution in [0, 0.1) is 0 Å². The maximum atomic E-state index is 10.4. The lowest BCUT2D eigenvalue weighted by Crippen LogP contribution is -2.33. The minimum atomic E-state index is -1.23. The number of anilines is 1. The van der Waals surface area contributed by atoms with Gasteiger partial charge in [0.1, 0.15) is 30.3 Å². The van der Waals surface area contributed by atoms with Crippen molar-refractivity contribution >= 4 is 22.7 Å². The van der Waals surface area contributed by atoms with Gasteiger partial charge in [-0.25, -0.2) is 15.0 Å². The van der Waals surface area contributed by atoms with Crippen LogP contribution < -0.4 is 10.7 Å². The smallest absolute Gasteiger partial charge is 0.164 e. The van der Waals surface area contributed by atoms with Gasteiger partial charge in [0.25, 0.3) is 0 Å². The van der Waals surface area contributed by atoms with Crippen LogP contribution in [-0.2, 0) is 11.3 Å². The summed E-state index contributed by atoms with van der Waals surface area (Å²) in [5.74, 6) is 0.882. The number of nitrogens with zero attached hydrogens (tertiary/aromatic N) is 5. The van der Waals surface area contributed by atoms with E-state index in [0.717, 1.165) is 5.56 Å². The van der Waals surface area contributed by atoms with Crippen LogP contribution in [0.1, 0.15) is 17.4 Å². The van der Waals surface area contributed by atoms with E-state index in [1.54, 1.807) is 15.8 Å². The summed E-state index contributed by atoms with van der Waals surface area (Å²) in [6.07, 6.45) is -1.15. The fourth-order valence-corrected chi connectivity index (χ4v) is 3.86. The van der Waals surface area contributed by atoms with Gasteiger partial charge >= 0.3 is 0 Å². The molecule has 2 aromatic heterocycles. The minimum absolute atomic E-state index is 0.290. The highest BCUT2D eigenvalue weighted by Crippen LogP contribution is 2.37. The third-order valence-corrected chi connectivity index (χ3v) is 5.30. The molecule has 1 saturated heterocycles. The zero-order valence-electron chi connectivity index (χ0n) is 15.3. The third-order valence-electron chi connectivity index (χ3n) is 5.30. The molecular weight excluding hydrogens is 376 g/mol. The van der Waals surface area contributed by atoms with Crippen molar-refractivity contribution in [2.24, 2.45) is 10.8 Å².